The van der Waals surface area contributed by atoms with E-state index >= 15 is 0 Å². The molecule has 0 aliphatic heterocycles. The van der Waals surface area contributed by atoms with Gasteiger partial charge in [0.1, 0.15) is 11.9 Å². The Morgan fingerprint density at radius 1 is 1.16 bits per heavy atom. The summed E-state index contributed by atoms with van der Waals surface area (Å²) in [5.74, 6) is -0.278. The summed E-state index contributed by atoms with van der Waals surface area (Å²) in [4.78, 5) is 31.9. The molecule has 262 valence electrons. The second-order valence-corrected chi connectivity index (χ2v) is 16.9. The first-order chi connectivity index (χ1) is 23.1. The molecule has 0 spiro atoms. The summed E-state index contributed by atoms with van der Waals surface area (Å²) in [5.41, 5.74) is 0.155. The van der Waals surface area contributed by atoms with Crippen LogP contribution < -0.4 is 4.57 Å². The number of pyridine rings is 1. The van der Waals surface area contributed by atoms with Crippen LogP contribution in [0, 0.1) is 34.0 Å². The number of thioether (sulfide) groups is 1. The zero-order valence-electron chi connectivity index (χ0n) is 28.3. The molecular weight excluding hydrogens is 670 g/mol. The highest BCUT2D eigenvalue weighted by molar-refractivity contribution is 8.01. The van der Waals surface area contributed by atoms with Crippen molar-refractivity contribution < 1.29 is 37.2 Å². The quantitative estimate of drug-likeness (QED) is 0.110. The van der Waals surface area contributed by atoms with Gasteiger partial charge in [0.15, 0.2) is 23.3 Å². The zero-order valence-corrected chi connectivity index (χ0v) is 30.0. The molecule has 1 N–H and O–H groups in total. The molecule has 3 fully saturated rings. The third kappa shape index (κ3) is 6.51. The van der Waals surface area contributed by atoms with Gasteiger partial charge < -0.3 is 9.84 Å². The van der Waals surface area contributed by atoms with Gasteiger partial charge in [0.25, 0.3) is 0 Å². The fraction of sp³-hybridized carbons (Fsp3) is 0.526. The molecule has 8 atom stereocenters. The smallest absolute Gasteiger partial charge is 0.416 e. The number of carbonyl (C=O) groups is 2. The van der Waals surface area contributed by atoms with Crippen molar-refractivity contribution in [3.05, 3.63) is 78.0 Å². The van der Waals surface area contributed by atoms with Crippen LogP contribution in [-0.4, -0.2) is 39.8 Å². The van der Waals surface area contributed by atoms with E-state index in [-0.39, 0.29) is 40.7 Å². The molecule has 2 bridgehead atoms. The number of aliphatic hydroxyl groups is 1. The Morgan fingerprint density at radius 2 is 1.86 bits per heavy atom. The maximum absolute atomic E-state index is 13.6. The Kier molecular flexibility index (Phi) is 9.69. The molecule has 3 aliphatic rings. The van der Waals surface area contributed by atoms with Crippen LogP contribution in [-0.2, 0) is 27.0 Å². The molecule has 49 heavy (non-hydrogen) atoms. The van der Waals surface area contributed by atoms with Crippen LogP contribution in [0.15, 0.2) is 71.2 Å². The molecule has 3 aliphatic carbocycles. The maximum atomic E-state index is 13.6. The third-order valence-corrected chi connectivity index (χ3v) is 14.2. The predicted octanol–water partition coefficient (Wildman–Crippen LogP) is 8.16. The molecule has 2 heterocycles. The number of thiazole rings is 1. The number of alkyl halides is 3. The van der Waals surface area contributed by atoms with Crippen LogP contribution in [0.3, 0.4) is 0 Å². The number of hydrogen-bond acceptors (Lipinski definition) is 7. The highest BCUT2D eigenvalue weighted by Gasteiger charge is 2.68. The van der Waals surface area contributed by atoms with Gasteiger partial charge in [0.05, 0.1) is 23.1 Å². The van der Waals surface area contributed by atoms with Crippen LogP contribution in [0.5, 0.6) is 0 Å². The number of rotatable bonds is 8. The predicted molar refractivity (Wildman–Crippen MR) is 184 cm³/mol. The third-order valence-electron chi connectivity index (χ3n) is 12.2. The Morgan fingerprint density at radius 3 is 2.51 bits per heavy atom. The highest BCUT2D eigenvalue weighted by Crippen LogP contribution is 2.68. The molecule has 3 aromatic rings. The van der Waals surface area contributed by atoms with Gasteiger partial charge in [-0.05, 0) is 55.1 Å². The van der Waals surface area contributed by atoms with Gasteiger partial charge in [0.2, 0.25) is 0 Å². The van der Waals surface area contributed by atoms with Crippen molar-refractivity contribution >= 4 is 34.9 Å². The molecule has 0 saturated heterocycles. The summed E-state index contributed by atoms with van der Waals surface area (Å²) in [5, 5.41) is 13.7. The van der Waals surface area contributed by atoms with Crippen molar-refractivity contribution in [2.45, 2.75) is 89.1 Å². The van der Waals surface area contributed by atoms with Crippen molar-refractivity contribution in [2.75, 3.05) is 5.75 Å². The normalized spacial score (nSPS) is 33.0. The number of esters is 1. The van der Waals surface area contributed by atoms with Gasteiger partial charge in [0, 0.05) is 51.8 Å². The van der Waals surface area contributed by atoms with Crippen LogP contribution in [0.25, 0.3) is 11.3 Å². The Labute approximate surface area is 294 Å². The van der Waals surface area contributed by atoms with Crippen molar-refractivity contribution in [1.82, 2.24) is 4.98 Å². The number of halogens is 3. The molecule has 3 saturated carbocycles. The molecule has 0 radical (unpaired) electrons. The fourth-order valence-corrected chi connectivity index (χ4v) is 10.6. The molecule has 2 aromatic heterocycles. The van der Waals surface area contributed by atoms with E-state index in [4.69, 9.17) is 9.72 Å². The maximum Gasteiger partial charge on any atom is 0.416 e. The van der Waals surface area contributed by atoms with E-state index in [1.54, 1.807) is 6.08 Å². The lowest BCUT2D eigenvalue weighted by Crippen LogP contribution is -2.63. The van der Waals surface area contributed by atoms with Crippen LogP contribution in [0.2, 0.25) is 0 Å². The largest absolute Gasteiger partial charge is 0.461 e. The number of ether oxygens (including phenoxy) is 1. The average Bonchev–Trinajstić information content (AvgIpc) is 3.70. The standard InChI is InChI=1S/C38H44F3N2O4S2/c1-6-35(4)19-30(36(5)23(2)11-15-37(24(3)33(35)46)16-12-29(44)32(36)37)47-31(45)22-49-34-42-28(21-48-34)26-13-17-43(18-14-26)20-25-7-9-27(10-8-25)38(39,40)41/h6-10,13-14,17-18,21,23-24,30,32-33,46H,1,11-12,15-16,19-20,22H2,2-5H3/q+1/t23-,24+,30-,32+,33+,35-,36+,37?/m1/s1. The van der Waals surface area contributed by atoms with E-state index in [0.29, 0.717) is 23.7 Å². The van der Waals surface area contributed by atoms with E-state index < -0.39 is 34.8 Å². The second-order valence-electron chi connectivity index (χ2n) is 14.8. The molecule has 6 rings (SSSR count). The minimum atomic E-state index is -4.36. The second kappa shape index (κ2) is 13.3. The van der Waals surface area contributed by atoms with Gasteiger partial charge >= 0.3 is 12.1 Å². The monoisotopic (exact) mass is 713 g/mol. The fourth-order valence-electron chi connectivity index (χ4n) is 9.01. The summed E-state index contributed by atoms with van der Waals surface area (Å²) in [7, 11) is 0. The lowest BCUT2D eigenvalue weighted by Gasteiger charge is -2.61. The van der Waals surface area contributed by atoms with Crippen molar-refractivity contribution in [1.29, 1.82) is 0 Å². The number of nitrogens with zero attached hydrogens (tertiary/aromatic N) is 2. The number of hydrogen-bond donors (Lipinski definition) is 1. The lowest BCUT2D eigenvalue weighted by atomic mass is 9.44. The van der Waals surface area contributed by atoms with E-state index in [2.05, 4.69) is 27.4 Å². The summed E-state index contributed by atoms with van der Waals surface area (Å²) in [6.07, 6.45) is 3.35. The van der Waals surface area contributed by atoms with Gasteiger partial charge in [-0.2, -0.15) is 13.2 Å². The molecule has 1 unspecified atom stereocenters. The molecule has 6 nitrogen and oxygen atoms in total. The van der Waals surface area contributed by atoms with E-state index in [1.165, 1.54) is 35.2 Å². The Bertz CT molecular complexity index is 1710. The Balaban J connectivity index is 1.13. The van der Waals surface area contributed by atoms with Crippen LogP contribution in [0.4, 0.5) is 13.2 Å². The van der Waals surface area contributed by atoms with E-state index in [1.807, 2.05) is 41.4 Å². The SMILES string of the molecule is C=C[C@]1(C)C[C@@H](OC(=O)CSc2nc(-c3cc[n+](Cc4ccc(C(F)(F)F)cc4)cc3)cs2)[C@]2(C)[C@H](C)CCC3(CCC(=O)[C@H]32)[C@@H](C)[C@@H]1O. The average molecular weight is 714 g/mol. The van der Waals surface area contributed by atoms with Crippen molar-refractivity contribution in [2.24, 2.45) is 34.0 Å². The van der Waals surface area contributed by atoms with Gasteiger partial charge in [-0.1, -0.05) is 57.7 Å². The van der Waals surface area contributed by atoms with Crippen LogP contribution in [0.1, 0.15) is 70.9 Å². The Hall–Kier alpha value is -3.02. The van der Waals surface area contributed by atoms with Crippen LogP contribution >= 0.6 is 23.1 Å². The summed E-state index contributed by atoms with van der Waals surface area (Å²) in [6, 6.07) is 8.95. The molecule has 1 aromatic carbocycles. The summed E-state index contributed by atoms with van der Waals surface area (Å²) in [6.45, 7) is 12.9. The number of ketones is 1. The highest BCUT2D eigenvalue weighted by atomic mass is 32.2. The lowest BCUT2D eigenvalue weighted by molar-refractivity contribution is -0.688. The summed E-state index contributed by atoms with van der Waals surface area (Å²) >= 11 is 2.74. The number of aromatic nitrogens is 2. The first-order valence-electron chi connectivity index (χ1n) is 16.9. The minimum absolute atomic E-state index is 0.0589. The summed E-state index contributed by atoms with van der Waals surface area (Å²) < 4.78 is 47.6. The first kappa shape index (κ1) is 35.8. The number of carbonyl (C=O) groups excluding carboxylic acids is 2. The number of Topliss-reactive ketones (excluding diaryl/α,β-unsaturated/α-hetero) is 1. The van der Waals surface area contributed by atoms with Gasteiger partial charge in [-0.25, -0.2) is 9.55 Å². The van der Waals surface area contributed by atoms with E-state index in [9.17, 15) is 27.9 Å². The number of aliphatic hydroxyl groups excluding tert-OH is 1. The minimum Gasteiger partial charge on any atom is -0.461 e. The number of benzene rings is 1. The van der Waals surface area contributed by atoms with Crippen molar-refractivity contribution in [3.8, 4) is 11.3 Å². The van der Waals surface area contributed by atoms with Gasteiger partial charge in [-0.3, -0.25) is 9.59 Å². The van der Waals surface area contributed by atoms with E-state index in [0.717, 1.165) is 48.2 Å². The zero-order chi connectivity index (χ0) is 35.4. The van der Waals surface area contributed by atoms with Gasteiger partial charge in [-0.15, -0.1) is 17.9 Å². The first-order valence-corrected chi connectivity index (χ1v) is 18.7. The molecule has 11 heteroatoms. The molecule has 0 amide bonds. The van der Waals surface area contributed by atoms with Crippen molar-refractivity contribution in [3.63, 3.8) is 0 Å². The topological polar surface area (TPSA) is 80.4 Å². The molecular formula is C38H44F3N2O4S2+.